The van der Waals surface area contributed by atoms with Gasteiger partial charge in [-0.1, -0.05) is 6.92 Å². The van der Waals surface area contributed by atoms with E-state index >= 15 is 0 Å². The molecule has 0 N–H and O–H groups in total. The molecular formula is C5H7NO2S2. The smallest absolute Gasteiger partial charge is 0.256 e. The Morgan fingerprint density at radius 2 is 1.80 bits per heavy atom. The Bertz CT molecular complexity index is 280. The van der Waals surface area contributed by atoms with E-state index in [0.29, 0.717) is 6.54 Å². The van der Waals surface area contributed by atoms with Crippen molar-refractivity contribution in [1.29, 1.82) is 0 Å². The summed E-state index contributed by atoms with van der Waals surface area (Å²) >= 11 is 0. The lowest BCUT2D eigenvalue weighted by Gasteiger charge is -1.90. The summed E-state index contributed by atoms with van der Waals surface area (Å²) in [6, 6.07) is 0. The summed E-state index contributed by atoms with van der Waals surface area (Å²) in [4.78, 5) is 21.4. The summed E-state index contributed by atoms with van der Waals surface area (Å²) in [7, 11) is 2.02. The van der Waals surface area contributed by atoms with Crippen molar-refractivity contribution in [2.45, 2.75) is 19.9 Å². The lowest BCUT2D eigenvalue weighted by Crippen LogP contribution is -2.23. The molecule has 0 aromatic carbocycles. The predicted octanol–water partition coefficient (Wildman–Crippen LogP) is 0.741. The van der Waals surface area contributed by atoms with Gasteiger partial charge in [-0.3, -0.25) is 14.2 Å². The molecule has 0 aliphatic carbocycles. The predicted molar refractivity (Wildman–Crippen MR) is 43.0 cm³/mol. The van der Waals surface area contributed by atoms with Gasteiger partial charge in [-0.2, -0.15) is 0 Å². The summed E-state index contributed by atoms with van der Waals surface area (Å²) in [5.74, 6) is 0. The quantitative estimate of drug-likeness (QED) is 0.625. The maximum Gasteiger partial charge on any atom is 0.320 e. The molecule has 1 aromatic heterocycles. The highest BCUT2D eigenvalue weighted by Gasteiger charge is 2.00. The molecule has 0 spiro atoms. The molecular weight excluding hydrogens is 170 g/mol. The molecule has 0 aliphatic heterocycles. The van der Waals surface area contributed by atoms with E-state index in [9.17, 15) is 9.59 Å². The van der Waals surface area contributed by atoms with Crippen LogP contribution < -0.4 is 9.75 Å². The molecule has 0 aliphatic rings. The first-order chi connectivity index (χ1) is 4.75. The number of hydrogen-bond acceptors (Lipinski definition) is 4. The van der Waals surface area contributed by atoms with Crippen molar-refractivity contribution < 1.29 is 0 Å². The maximum atomic E-state index is 10.8. The number of aromatic nitrogens is 1. The van der Waals surface area contributed by atoms with E-state index in [0.717, 1.165) is 27.1 Å². The van der Waals surface area contributed by atoms with Crippen molar-refractivity contribution in [3.63, 3.8) is 0 Å². The molecule has 1 aromatic rings. The van der Waals surface area contributed by atoms with Crippen LogP contribution in [0.3, 0.4) is 0 Å². The molecule has 0 saturated carbocycles. The highest BCUT2D eigenvalue weighted by Crippen LogP contribution is 1.91. The summed E-state index contributed by atoms with van der Waals surface area (Å²) < 4.78 is 1.27. The van der Waals surface area contributed by atoms with E-state index in [1.54, 1.807) is 0 Å². The van der Waals surface area contributed by atoms with E-state index < -0.39 is 0 Å². The van der Waals surface area contributed by atoms with Crippen molar-refractivity contribution >= 4 is 20.7 Å². The second-order valence-corrected chi connectivity index (χ2v) is 3.88. The maximum absolute atomic E-state index is 10.8. The molecule has 0 saturated heterocycles. The molecule has 0 radical (unpaired) electrons. The van der Waals surface area contributed by atoms with Crippen LogP contribution in [0.4, 0.5) is 0 Å². The zero-order valence-electron chi connectivity index (χ0n) is 5.49. The molecule has 1 rings (SSSR count). The van der Waals surface area contributed by atoms with Gasteiger partial charge in [0.1, 0.15) is 0 Å². The van der Waals surface area contributed by atoms with E-state index in [-0.39, 0.29) is 9.75 Å². The van der Waals surface area contributed by atoms with Gasteiger partial charge in [0, 0.05) is 6.54 Å². The minimum Gasteiger partial charge on any atom is -0.256 e. The first-order valence-electron chi connectivity index (χ1n) is 2.95. The van der Waals surface area contributed by atoms with Crippen molar-refractivity contribution in [2.24, 2.45) is 0 Å². The molecule has 10 heavy (non-hydrogen) atoms. The van der Waals surface area contributed by atoms with E-state index in [4.69, 9.17) is 0 Å². The van der Waals surface area contributed by atoms with E-state index in [1.807, 2.05) is 6.92 Å². The summed E-state index contributed by atoms with van der Waals surface area (Å²) in [5, 5.41) is 0. The Kier molecular flexibility index (Phi) is 2.39. The van der Waals surface area contributed by atoms with Gasteiger partial charge in [0.15, 0.2) is 0 Å². The first kappa shape index (κ1) is 7.68. The minimum absolute atomic E-state index is 0.128. The van der Waals surface area contributed by atoms with Crippen LogP contribution in [0.1, 0.15) is 13.3 Å². The zero-order chi connectivity index (χ0) is 7.56. The van der Waals surface area contributed by atoms with Crippen LogP contribution in [0.2, 0.25) is 0 Å². The normalized spacial score (nSPS) is 10.1. The highest BCUT2D eigenvalue weighted by molar-refractivity contribution is 7.67. The fourth-order valence-corrected chi connectivity index (χ4v) is 2.34. The topological polar surface area (TPSA) is 39.1 Å². The molecule has 0 unspecified atom stereocenters. The summed E-state index contributed by atoms with van der Waals surface area (Å²) in [5.41, 5.74) is 0. The fraction of sp³-hybridized carbons (Fsp3) is 0.600. The number of hydrogen-bond donors (Lipinski definition) is 0. The van der Waals surface area contributed by atoms with Crippen LogP contribution >= 0.6 is 20.7 Å². The third kappa shape index (κ3) is 1.35. The number of nitrogens with zero attached hydrogens (tertiary/aromatic N) is 1. The van der Waals surface area contributed by atoms with Crippen molar-refractivity contribution in [3.8, 4) is 0 Å². The van der Waals surface area contributed by atoms with Crippen LogP contribution in [0.15, 0.2) is 9.59 Å². The highest BCUT2D eigenvalue weighted by atomic mass is 32.9. The van der Waals surface area contributed by atoms with Gasteiger partial charge in [-0.25, -0.2) is 0 Å². The van der Waals surface area contributed by atoms with Crippen LogP contribution in [0.5, 0.6) is 0 Å². The lowest BCUT2D eigenvalue weighted by atomic mass is 10.5. The second-order valence-electron chi connectivity index (χ2n) is 1.85. The third-order valence-electron chi connectivity index (χ3n) is 1.07. The summed E-state index contributed by atoms with van der Waals surface area (Å²) in [6.45, 7) is 2.49. The van der Waals surface area contributed by atoms with Crippen LogP contribution in [0, 0.1) is 0 Å². The molecule has 0 atom stereocenters. The Balaban J connectivity index is 3.11. The zero-order valence-corrected chi connectivity index (χ0v) is 7.13. The van der Waals surface area contributed by atoms with Crippen molar-refractivity contribution in [1.82, 2.24) is 4.57 Å². The van der Waals surface area contributed by atoms with Gasteiger partial charge in [-0.15, -0.1) is 0 Å². The second kappa shape index (κ2) is 3.12. The average Bonchev–Trinajstić information content (AvgIpc) is 2.20. The third-order valence-corrected chi connectivity index (χ3v) is 2.99. The Morgan fingerprint density at radius 1 is 1.30 bits per heavy atom. The monoisotopic (exact) mass is 177 g/mol. The minimum atomic E-state index is -0.128. The largest absolute Gasteiger partial charge is 0.320 e. The van der Waals surface area contributed by atoms with Crippen LogP contribution in [-0.4, -0.2) is 4.57 Å². The van der Waals surface area contributed by atoms with Crippen LogP contribution in [-0.2, 0) is 6.54 Å². The van der Waals surface area contributed by atoms with Gasteiger partial charge in [-0.05, 0) is 27.1 Å². The first-order valence-corrected chi connectivity index (χ1v) is 5.10. The molecule has 0 fully saturated rings. The number of rotatable bonds is 2. The van der Waals surface area contributed by atoms with E-state index in [2.05, 4.69) is 0 Å². The van der Waals surface area contributed by atoms with Gasteiger partial charge >= 0.3 is 9.75 Å². The van der Waals surface area contributed by atoms with Gasteiger partial charge in [0.05, 0.1) is 0 Å². The lowest BCUT2D eigenvalue weighted by molar-refractivity contribution is 0.656. The van der Waals surface area contributed by atoms with Crippen molar-refractivity contribution in [3.05, 3.63) is 19.3 Å². The molecule has 1 heterocycles. The van der Waals surface area contributed by atoms with Gasteiger partial charge < -0.3 is 0 Å². The Morgan fingerprint density at radius 3 is 2.20 bits per heavy atom. The average molecular weight is 177 g/mol. The summed E-state index contributed by atoms with van der Waals surface area (Å²) in [6.07, 6.45) is 0.832. The molecule has 0 amide bonds. The van der Waals surface area contributed by atoms with Crippen LogP contribution in [0.25, 0.3) is 0 Å². The Hall–Kier alpha value is -0.420. The molecule has 5 heteroatoms. The fourth-order valence-electron chi connectivity index (χ4n) is 0.642. The standard InChI is InChI=1S/C5H7NO2S2/c1-2-3-6-4(7)9-10-5(6)8/h2-3H2,1H3. The van der Waals surface area contributed by atoms with Gasteiger partial charge in [0.2, 0.25) is 0 Å². The van der Waals surface area contributed by atoms with Crippen molar-refractivity contribution in [2.75, 3.05) is 0 Å². The van der Waals surface area contributed by atoms with Gasteiger partial charge in [0.25, 0.3) is 0 Å². The Labute approximate surface area is 65.0 Å². The molecule has 56 valence electrons. The van der Waals surface area contributed by atoms with E-state index in [1.165, 1.54) is 4.57 Å². The molecule has 3 nitrogen and oxygen atoms in total. The molecule has 0 bridgehead atoms. The SMILES string of the molecule is CCCn1c(=O)ssc1=O.